The van der Waals surface area contributed by atoms with Crippen LogP contribution in [0.1, 0.15) is 29.7 Å². The Kier molecular flexibility index (Phi) is 4.30. The fourth-order valence-electron chi connectivity index (χ4n) is 2.20. The van der Waals surface area contributed by atoms with Gasteiger partial charge in [-0.05, 0) is 37.5 Å². The molecule has 1 aliphatic rings. The van der Waals surface area contributed by atoms with Gasteiger partial charge in [0.25, 0.3) is 0 Å². The summed E-state index contributed by atoms with van der Waals surface area (Å²) in [6.45, 7) is 6.25. The number of thioether (sulfide) groups is 1. The Morgan fingerprint density at radius 2 is 2.28 bits per heavy atom. The number of aryl methyl sites for hydroxylation is 1. The lowest BCUT2D eigenvalue weighted by atomic mass is 9.98. The maximum absolute atomic E-state index is 12.0. The number of carbonyl (C=O) groups excluding carboxylic acids is 1. The molecular formula is C14H20N2OS. The molecule has 1 amide bonds. The van der Waals surface area contributed by atoms with Crippen LogP contribution in [0.25, 0.3) is 0 Å². The first kappa shape index (κ1) is 13.4. The van der Waals surface area contributed by atoms with Crippen LogP contribution < -0.4 is 10.6 Å². The quantitative estimate of drug-likeness (QED) is 0.879. The fourth-order valence-corrected chi connectivity index (χ4v) is 3.14. The average molecular weight is 264 g/mol. The van der Waals surface area contributed by atoms with Gasteiger partial charge in [0, 0.05) is 11.6 Å². The van der Waals surface area contributed by atoms with E-state index in [1.807, 2.05) is 13.0 Å². The average Bonchev–Trinajstić information content (AvgIpc) is 2.86. The summed E-state index contributed by atoms with van der Waals surface area (Å²) < 4.78 is 0. The van der Waals surface area contributed by atoms with E-state index in [1.54, 1.807) is 11.8 Å². The minimum absolute atomic E-state index is 0.0393. The van der Waals surface area contributed by atoms with Crippen LogP contribution in [0.5, 0.6) is 0 Å². The van der Waals surface area contributed by atoms with Crippen molar-refractivity contribution < 1.29 is 4.79 Å². The van der Waals surface area contributed by atoms with E-state index >= 15 is 0 Å². The highest BCUT2D eigenvalue weighted by Gasteiger charge is 2.24. The number of carbonyl (C=O) groups is 1. The monoisotopic (exact) mass is 264 g/mol. The Bertz CT molecular complexity index is 441. The van der Waals surface area contributed by atoms with Crippen molar-refractivity contribution in [2.45, 2.75) is 32.9 Å². The van der Waals surface area contributed by atoms with Gasteiger partial charge in [-0.1, -0.05) is 18.2 Å². The van der Waals surface area contributed by atoms with Gasteiger partial charge >= 0.3 is 0 Å². The Morgan fingerprint density at radius 1 is 1.50 bits per heavy atom. The molecule has 0 spiro atoms. The minimum Gasteiger partial charge on any atom is -0.348 e. The molecule has 3 nitrogen and oxygen atoms in total. The van der Waals surface area contributed by atoms with E-state index in [4.69, 9.17) is 0 Å². The van der Waals surface area contributed by atoms with Crippen LogP contribution in [0.3, 0.4) is 0 Å². The van der Waals surface area contributed by atoms with Crippen LogP contribution in [0, 0.1) is 13.8 Å². The Morgan fingerprint density at radius 3 is 2.94 bits per heavy atom. The second-order valence-corrected chi connectivity index (χ2v) is 5.82. The third-order valence-electron chi connectivity index (χ3n) is 3.50. The van der Waals surface area contributed by atoms with Crippen LogP contribution in [0.15, 0.2) is 18.2 Å². The zero-order valence-corrected chi connectivity index (χ0v) is 11.9. The second kappa shape index (κ2) is 5.76. The van der Waals surface area contributed by atoms with Crippen LogP contribution in [0.4, 0.5) is 0 Å². The number of rotatable bonds is 3. The zero-order valence-electron chi connectivity index (χ0n) is 11.1. The molecule has 4 heteroatoms. The standard InChI is InChI=1S/C14H20N2OS/c1-9-5-4-6-12(10(9)2)11(3)16-14(17)13-7-18-8-15-13/h4-6,11,13,15H,7-8H2,1-3H3,(H,16,17). The molecule has 1 aromatic carbocycles. The molecule has 2 atom stereocenters. The summed E-state index contributed by atoms with van der Waals surface area (Å²) in [7, 11) is 0. The number of hydrogen-bond donors (Lipinski definition) is 2. The molecule has 0 aromatic heterocycles. The molecule has 98 valence electrons. The van der Waals surface area contributed by atoms with E-state index in [0.29, 0.717) is 0 Å². The summed E-state index contributed by atoms with van der Waals surface area (Å²) in [6, 6.07) is 6.25. The smallest absolute Gasteiger partial charge is 0.238 e. The van der Waals surface area contributed by atoms with Gasteiger partial charge < -0.3 is 5.32 Å². The first-order chi connectivity index (χ1) is 8.59. The van der Waals surface area contributed by atoms with E-state index < -0.39 is 0 Å². The summed E-state index contributed by atoms with van der Waals surface area (Å²) in [5, 5.41) is 6.28. The molecule has 0 radical (unpaired) electrons. The van der Waals surface area contributed by atoms with Crippen LogP contribution in [-0.4, -0.2) is 23.6 Å². The molecule has 0 bridgehead atoms. The predicted molar refractivity (Wildman–Crippen MR) is 76.7 cm³/mol. The maximum Gasteiger partial charge on any atom is 0.238 e. The molecule has 18 heavy (non-hydrogen) atoms. The lowest BCUT2D eigenvalue weighted by Gasteiger charge is -2.19. The largest absolute Gasteiger partial charge is 0.348 e. The van der Waals surface area contributed by atoms with Crippen molar-refractivity contribution in [1.29, 1.82) is 0 Å². The summed E-state index contributed by atoms with van der Waals surface area (Å²) >= 11 is 1.77. The van der Waals surface area contributed by atoms with Crippen LogP contribution in [0.2, 0.25) is 0 Å². The number of hydrogen-bond acceptors (Lipinski definition) is 3. The van der Waals surface area contributed by atoms with Crippen molar-refractivity contribution in [2.75, 3.05) is 11.6 Å². The maximum atomic E-state index is 12.0. The van der Waals surface area contributed by atoms with Gasteiger partial charge in [0.15, 0.2) is 0 Å². The Hall–Kier alpha value is -1.00. The van der Waals surface area contributed by atoms with Crippen molar-refractivity contribution in [1.82, 2.24) is 10.6 Å². The van der Waals surface area contributed by atoms with Crippen molar-refractivity contribution >= 4 is 17.7 Å². The highest BCUT2D eigenvalue weighted by molar-refractivity contribution is 7.99. The molecule has 0 saturated carbocycles. The van der Waals surface area contributed by atoms with E-state index in [9.17, 15) is 4.79 Å². The minimum atomic E-state index is -0.0393. The summed E-state index contributed by atoms with van der Waals surface area (Å²) in [5.74, 6) is 1.84. The molecule has 1 aromatic rings. The first-order valence-electron chi connectivity index (χ1n) is 6.27. The first-order valence-corrected chi connectivity index (χ1v) is 7.42. The summed E-state index contributed by atoms with van der Waals surface area (Å²) in [5.41, 5.74) is 3.73. The van der Waals surface area contributed by atoms with E-state index in [1.165, 1.54) is 16.7 Å². The summed E-state index contributed by atoms with van der Waals surface area (Å²) in [6.07, 6.45) is 0. The zero-order chi connectivity index (χ0) is 13.1. The Labute approximate surface area is 113 Å². The Balaban J connectivity index is 2.04. The van der Waals surface area contributed by atoms with Gasteiger partial charge in [-0.15, -0.1) is 11.8 Å². The van der Waals surface area contributed by atoms with Crippen molar-refractivity contribution in [3.63, 3.8) is 0 Å². The second-order valence-electron chi connectivity index (χ2n) is 4.79. The molecule has 1 heterocycles. The molecule has 0 aliphatic carbocycles. The van der Waals surface area contributed by atoms with Crippen molar-refractivity contribution in [2.24, 2.45) is 0 Å². The lowest BCUT2D eigenvalue weighted by Crippen LogP contribution is -2.43. The summed E-state index contributed by atoms with van der Waals surface area (Å²) in [4.78, 5) is 12.0. The highest BCUT2D eigenvalue weighted by Crippen LogP contribution is 2.20. The van der Waals surface area contributed by atoms with E-state index in [2.05, 4.69) is 36.6 Å². The highest BCUT2D eigenvalue weighted by atomic mass is 32.2. The van der Waals surface area contributed by atoms with Crippen LogP contribution >= 0.6 is 11.8 Å². The molecule has 2 N–H and O–H groups in total. The third kappa shape index (κ3) is 2.87. The molecule has 1 saturated heterocycles. The molecule has 2 rings (SSSR count). The van der Waals surface area contributed by atoms with Gasteiger partial charge in [0.05, 0.1) is 12.1 Å². The van der Waals surface area contributed by atoms with E-state index in [0.717, 1.165) is 11.6 Å². The molecular weight excluding hydrogens is 244 g/mol. The predicted octanol–water partition coefficient (Wildman–Crippen LogP) is 2.14. The van der Waals surface area contributed by atoms with Gasteiger partial charge in [0.1, 0.15) is 0 Å². The van der Waals surface area contributed by atoms with E-state index in [-0.39, 0.29) is 18.0 Å². The van der Waals surface area contributed by atoms with Crippen LogP contribution in [-0.2, 0) is 4.79 Å². The van der Waals surface area contributed by atoms with Gasteiger partial charge in [-0.2, -0.15) is 0 Å². The van der Waals surface area contributed by atoms with Gasteiger partial charge in [-0.3, -0.25) is 10.1 Å². The van der Waals surface area contributed by atoms with Gasteiger partial charge in [0.2, 0.25) is 5.91 Å². The SMILES string of the molecule is Cc1cccc(C(C)NC(=O)C2CSCN2)c1C. The number of amides is 1. The van der Waals surface area contributed by atoms with Crippen molar-refractivity contribution in [3.05, 3.63) is 34.9 Å². The molecule has 1 aliphatic heterocycles. The third-order valence-corrected chi connectivity index (χ3v) is 4.44. The van der Waals surface area contributed by atoms with Crippen molar-refractivity contribution in [3.8, 4) is 0 Å². The normalized spacial score (nSPS) is 20.7. The number of nitrogens with one attached hydrogen (secondary N) is 2. The fraction of sp³-hybridized carbons (Fsp3) is 0.500. The lowest BCUT2D eigenvalue weighted by molar-refractivity contribution is -0.123. The van der Waals surface area contributed by atoms with Gasteiger partial charge in [-0.25, -0.2) is 0 Å². The molecule has 1 fully saturated rings. The molecule has 2 unspecified atom stereocenters. The topological polar surface area (TPSA) is 41.1 Å². The number of benzene rings is 1.